The van der Waals surface area contributed by atoms with Gasteiger partial charge in [0.05, 0.1) is 0 Å². The Hall–Kier alpha value is -2.82. The van der Waals surface area contributed by atoms with Crippen LogP contribution in [0, 0.1) is 6.92 Å². The number of amides is 2. The van der Waals surface area contributed by atoms with Crippen LogP contribution in [-0.2, 0) is 16.1 Å². The maximum absolute atomic E-state index is 12.2. The average molecular weight is 338 g/mol. The molecule has 0 aliphatic carbocycles. The standard InChI is InChI=1S/C20H22N2O3/c1-15-10-11-17(13-18(15)22-12-6-5-9-19(22)23)21-20(24)25-14-16-7-3-2-4-8-16/h2-4,7-8,10-11,13H,5-6,9,12,14H2,1H3,(H,21,24). The molecule has 5 heteroatoms. The van der Waals surface area contributed by atoms with Crippen LogP contribution in [0.1, 0.15) is 30.4 Å². The van der Waals surface area contributed by atoms with Crippen LogP contribution in [0.3, 0.4) is 0 Å². The number of benzene rings is 2. The zero-order valence-electron chi connectivity index (χ0n) is 14.3. The Kier molecular flexibility index (Phi) is 5.33. The smallest absolute Gasteiger partial charge is 0.411 e. The Balaban J connectivity index is 1.65. The summed E-state index contributed by atoms with van der Waals surface area (Å²) in [6, 6.07) is 15.1. The fourth-order valence-electron chi connectivity index (χ4n) is 2.92. The molecule has 1 N–H and O–H groups in total. The van der Waals surface area contributed by atoms with Crippen LogP contribution in [0.25, 0.3) is 0 Å². The SMILES string of the molecule is Cc1ccc(NC(=O)OCc2ccccc2)cc1N1CCCCC1=O. The molecule has 0 spiro atoms. The number of anilines is 2. The number of piperidine rings is 1. The van der Waals surface area contributed by atoms with Crippen molar-refractivity contribution in [3.8, 4) is 0 Å². The quantitative estimate of drug-likeness (QED) is 0.906. The van der Waals surface area contributed by atoms with Crippen molar-refractivity contribution in [2.75, 3.05) is 16.8 Å². The van der Waals surface area contributed by atoms with E-state index in [0.29, 0.717) is 12.1 Å². The van der Waals surface area contributed by atoms with Crippen molar-refractivity contribution in [1.82, 2.24) is 0 Å². The van der Waals surface area contributed by atoms with Gasteiger partial charge in [0.25, 0.3) is 0 Å². The summed E-state index contributed by atoms with van der Waals surface area (Å²) in [6.45, 7) is 2.91. The zero-order valence-corrected chi connectivity index (χ0v) is 14.3. The lowest BCUT2D eigenvalue weighted by molar-refractivity contribution is -0.119. The summed E-state index contributed by atoms with van der Waals surface area (Å²) in [6.07, 6.45) is 2.01. The molecule has 0 atom stereocenters. The minimum Gasteiger partial charge on any atom is -0.444 e. The second-order valence-electron chi connectivity index (χ2n) is 6.19. The van der Waals surface area contributed by atoms with Gasteiger partial charge in [-0.25, -0.2) is 4.79 Å². The molecule has 1 heterocycles. The lowest BCUT2D eigenvalue weighted by Crippen LogP contribution is -2.35. The van der Waals surface area contributed by atoms with E-state index < -0.39 is 6.09 Å². The molecule has 1 aliphatic rings. The summed E-state index contributed by atoms with van der Waals surface area (Å²) < 4.78 is 5.24. The molecule has 25 heavy (non-hydrogen) atoms. The highest BCUT2D eigenvalue weighted by atomic mass is 16.5. The highest BCUT2D eigenvalue weighted by Gasteiger charge is 2.21. The average Bonchev–Trinajstić information content (AvgIpc) is 2.63. The summed E-state index contributed by atoms with van der Waals surface area (Å²) >= 11 is 0. The van der Waals surface area contributed by atoms with Gasteiger partial charge in [-0.1, -0.05) is 36.4 Å². The molecule has 0 aromatic heterocycles. The van der Waals surface area contributed by atoms with Crippen LogP contribution in [-0.4, -0.2) is 18.5 Å². The highest BCUT2D eigenvalue weighted by molar-refractivity contribution is 5.96. The molecule has 1 fully saturated rings. The number of carbonyl (C=O) groups excluding carboxylic acids is 2. The summed E-state index contributed by atoms with van der Waals surface area (Å²) in [7, 11) is 0. The molecular formula is C20H22N2O3. The maximum atomic E-state index is 12.2. The second kappa shape index (κ2) is 7.83. The number of aryl methyl sites for hydroxylation is 1. The van der Waals surface area contributed by atoms with E-state index in [0.717, 1.165) is 36.2 Å². The van der Waals surface area contributed by atoms with Crippen molar-refractivity contribution in [2.24, 2.45) is 0 Å². The fraction of sp³-hybridized carbons (Fsp3) is 0.300. The molecule has 0 unspecified atom stereocenters. The fourth-order valence-corrected chi connectivity index (χ4v) is 2.92. The Bertz CT molecular complexity index is 759. The minimum atomic E-state index is -0.511. The lowest BCUT2D eigenvalue weighted by atomic mass is 10.1. The van der Waals surface area contributed by atoms with E-state index in [4.69, 9.17) is 4.74 Å². The van der Waals surface area contributed by atoms with E-state index >= 15 is 0 Å². The van der Waals surface area contributed by atoms with Crippen molar-refractivity contribution in [1.29, 1.82) is 0 Å². The molecule has 0 radical (unpaired) electrons. The molecule has 5 nitrogen and oxygen atoms in total. The maximum Gasteiger partial charge on any atom is 0.411 e. The number of rotatable bonds is 4. The Morgan fingerprint density at radius 2 is 1.96 bits per heavy atom. The van der Waals surface area contributed by atoms with Crippen molar-refractivity contribution < 1.29 is 14.3 Å². The first kappa shape index (κ1) is 17.0. The van der Waals surface area contributed by atoms with Gasteiger partial charge in [0, 0.05) is 24.3 Å². The first-order valence-electron chi connectivity index (χ1n) is 8.52. The molecule has 2 aromatic rings. The van der Waals surface area contributed by atoms with Gasteiger partial charge in [-0.3, -0.25) is 10.1 Å². The molecule has 1 saturated heterocycles. The molecule has 1 aliphatic heterocycles. The Labute approximate surface area is 147 Å². The first-order valence-corrected chi connectivity index (χ1v) is 8.52. The molecule has 2 amide bonds. The van der Waals surface area contributed by atoms with E-state index in [1.54, 1.807) is 4.90 Å². The van der Waals surface area contributed by atoms with Crippen LogP contribution in [0.2, 0.25) is 0 Å². The van der Waals surface area contributed by atoms with E-state index in [1.165, 1.54) is 0 Å². The lowest BCUT2D eigenvalue weighted by Gasteiger charge is -2.28. The molecule has 3 rings (SSSR count). The Morgan fingerprint density at radius 1 is 1.16 bits per heavy atom. The third kappa shape index (κ3) is 4.38. The first-order chi connectivity index (χ1) is 12.1. The van der Waals surface area contributed by atoms with Crippen LogP contribution >= 0.6 is 0 Å². The van der Waals surface area contributed by atoms with Crippen molar-refractivity contribution >= 4 is 23.4 Å². The highest BCUT2D eigenvalue weighted by Crippen LogP contribution is 2.27. The van der Waals surface area contributed by atoms with E-state index in [2.05, 4.69) is 5.32 Å². The number of hydrogen-bond donors (Lipinski definition) is 1. The number of hydrogen-bond acceptors (Lipinski definition) is 3. The number of nitrogens with one attached hydrogen (secondary N) is 1. The van der Waals surface area contributed by atoms with Crippen LogP contribution in [0.4, 0.5) is 16.2 Å². The number of nitrogens with zero attached hydrogens (tertiary/aromatic N) is 1. The zero-order chi connectivity index (χ0) is 17.6. The van der Waals surface area contributed by atoms with Gasteiger partial charge < -0.3 is 9.64 Å². The molecule has 130 valence electrons. The molecule has 0 bridgehead atoms. The summed E-state index contributed by atoms with van der Waals surface area (Å²) in [5, 5.41) is 2.73. The predicted octanol–water partition coefficient (Wildman–Crippen LogP) is 4.26. The summed E-state index contributed by atoms with van der Waals surface area (Å²) in [4.78, 5) is 26.0. The predicted molar refractivity (Wildman–Crippen MR) is 97.6 cm³/mol. The Morgan fingerprint density at radius 3 is 2.72 bits per heavy atom. The molecular weight excluding hydrogens is 316 g/mol. The van der Waals surface area contributed by atoms with Crippen molar-refractivity contribution in [3.05, 3.63) is 59.7 Å². The van der Waals surface area contributed by atoms with Gasteiger partial charge in [0.1, 0.15) is 6.61 Å². The van der Waals surface area contributed by atoms with Gasteiger partial charge in [0.2, 0.25) is 5.91 Å². The van der Waals surface area contributed by atoms with E-state index in [-0.39, 0.29) is 12.5 Å². The van der Waals surface area contributed by atoms with Gasteiger partial charge in [-0.15, -0.1) is 0 Å². The van der Waals surface area contributed by atoms with Crippen molar-refractivity contribution in [3.63, 3.8) is 0 Å². The van der Waals surface area contributed by atoms with Crippen LogP contribution in [0.15, 0.2) is 48.5 Å². The normalized spacial score (nSPS) is 14.3. The van der Waals surface area contributed by atoms with E-state index in [1.807, 2.05) is 55.5 Å². The van der Waals surface area contributed by atoms with Gasteiger partial charge in [-0.2, -0.15) is 0 Å². The molecule has 2 aromatic carbocycles. The van der Waals surface area contributed by atoms with Crippen LogP contribution < -0.4 is 10.2 Å². The minimum absolute atomic E-state index is 0.137. The topological polar surface area (TPSA) is 58.6 Å². The molecule has 0 saturated carbocycles. The van der Waals surface area contributed by atoms with Crippen LogP contribution in [0.5, 0.6) is 0 Å². The monoisotopic (exact) mass is 338 g/mol. The van der Waals surface area contributed by atoms with E-state index in [9.17, 15) is 9.59 Å². The van der Waals surface area contributed by atoms with Gasteiger partial charge in [-0.05, 0) is 43.0 Å². The summed E-state index contributed by atoms with van der Waals surface area (Å²) in [5.41, 5.74) is 3.42. The third-order valence-electron chi connectivity index (χ3n) is 4.28. The van der Waals surface area contributed by atoms with Crippen molar-refractivity contribution in [2.45, 2.75) is 32.8 Å². The van der Waals surface area contributed by atoms with Gasteiger partial charge in [0.15, 0.2) is 0 Å². The second-order valence-corrected chi connectivity index (χ2v) is 6.19. The largest absolute Gasteiger partial charge is 0.444 e. The van der Waals surface area contributed by atoms with Gasteiger partial charge >= 0.3 is 6.09 Å². The third-order valence-corrected chi connectivity index (χ3v) is 4.28. The number of carbonyl (C=O) groups is 2. The number of ether oxygens (including phenoxy) is 1. The summed E-state index contributed by atoms with van der Waals surface area (Å²) in [5.74, 6) is 0.137.